The molecule has 33 heavy (non-hydrogen) atoms. The highest BCUT2D eigenvalue weighted by Crippen LogP contribution is 2.31. The molecule has 166 valence electrons. The predicted octanol–water partition coefficient (Wildman–Crippen LogP) is 3.98. The van der Waals surface area contributed by atoms with Gasteiger partial charge in [0.05, 0.1) is 22.5 Å². The van der Waals surface area contributed by atoms with E-state index in [2.05, 4.69) is 5.32 Å². The van der Waals surface area contributed by atoms with Crippen LogP contribution in [0.1, 0.15) is 59.2 Å². The quantitative estimate of drug-likeness (QED) is 0.330. The first kappa shape index (κ1) is 22.3. The molecular formula is C25H19NO6S. The zero-order valence-electron chi connectivity index (χ0n) is 17.7. The number of ether oxygens (including phenoxy) is 1. The molecule has 3 aromatic rings. The number of nitrogens with one attached hydrogen (secondary N) is 1. The average Bonchev–Trinajstić information content (AvgIpc) is 3.26. The minimum absolute atomic E-state index is 0.0113. The van der Waals surface area contributed by atoms with Gasteiger partial charge >= 0.3 is 5.97 Å². The summed E-state index contributed by atoms with van der Waals surface area (Å²) in [4.78, 5) is 63.7. The number of hydrogen-bond acceptors (Lipinski definition) is 7. The van der Waals surface area contributed by atoms with E-state index < -0.39 is 18.5 Å². The Balaban J connectivity index is 1.37. The fourth-order valence-corrected chi connectivity index (χ4v) is 4.41. The minimum Gasteiger partial charge on any atom is -0.456 e. The number of thiophene rings is 1. The van der Waals surface area contributed by atoms with Crippen molar-refractivity contribution in [2.75, 3.05) is 11.9 Å². The Bertz CT molecular complexity index is 1310. The Morgan fingerprint density at radius 3 is 2.24 bits per heavy atom. The maximum atomic E-state index is 13.0. The molecule has 0 saturated heterocycles. The molecule has 0 atom stereocenters. The number of carbonyl (C=O) groups is 5. The van der Waals surface area contributed by atoms with Crippen LogP contribution < -0.4 is 5.32 Å². The van der Waals surface area contributed by atoms with Crippen LogP contribution >= 0.6 is 11.3 Å². The number of ketones is 3. The first-order valence-corrected chi connectivity index (χ1v) is 11.0. The van der Waals surface area contributed by atoms with Crippen LogP contribution in [0.2, 0.25) is 0 Å². The monoisotopic (exact) mass is 461 g/mol. The molecule has 0 unspecified atom stereocenters. The highest BCUT2D eigenvalue weighted by Gasteiger charge is 2.31. The van der Waals surface area contributed by atoms with Crippen LogP contribution in [0.4, 0.5) is 5.69 Å². The Morgan fingerprint density at radius 1 is 0.848 bits per heavy atom. The number of aryl methyl sites for hydroxylation is 1. The highest BCUT2D eigenvalue weighted by molar-refractivity contribution is 7.14. The van der Waals surface area contributed by atoms with E-state index in [1.165, 1.54) is 23.5 Å². The SMILES string of the molecule is Cc1ccc(C(=O)CCC(=O)OCC(=O)Nc2cccc3c2C(=O)c2ccccc2C3=O)s1. The van der Waals surface area contributed by atoms with Gasteiger partial charge in [-0.1, -0.05) is 36.4 Å². The van der Waals surface area contributed by atoms with Crippen molar-refractivity contribution in [1.82, 2.24) is 0 Å². The number of Topliss-reactive ketones (excluding diaryl/α,β-unsaturated/α-hetero) is 1. The Morgan fingerprint density at radius 2 is 1.55 bits per heavy atom. The van der Waals surface area contributed by atoms with Crippen molar-refractivity contribution in [3.63, 3.8) is 0 Å². The third-order valence-corrected chi connectivity index (χ3v) is 6.20. The lowest BCUT2D eigenvalue weighted by molar-refractivity contribution is -0.147. The van der Waals surface area contributed by atoms with E-state index >= 15 is 0 Å². The fourth-order valence-electron chi connectivity index (χ4n) is 3.58. The second kappa shape index (κ2) is 9.30. The van der Waals surface area contributed by atoms with Crippen molar-refractivity contribution in [2.24, 2.45) is 0 Å². The largest absolute Gasteiger partial charge is 0.456 e. The molecule has 0 aliphatic heterocycles. The second-order valence-electron chi connectivity index (χ2n) is 7.47. The van der Waals surface area contributed by atoms with E-state index in [1.54, 1.807) is 36.4 Å². The lowest BCUT2D eigenvalue weighted by Crippen LogP contribution is -2.26. The summed E-state index contributed by atoms with van der Waals surface area (Å²) in [6.07, 6.45) is -0.157. The number of esters is 1. The van der Waals surface area contributed by atoms with Crippen LogP contribution in [0, 0.1) is 6.92 Å². The van der Waals surface area contributed by atoms with Crippen LogP contribution in [0.15, 0.2) is 54.6 Å². The fraction of sp³-hybridized carbons (Fsp3) is 0.160. The molecule has 0 saturated carbocycles. The van der Waals surface area contributed by atoms with Gasteiger partial charge in [-0.25, -0.2) is 0 Å². The number of anilines is 1. The smallest absolute Gasteiger partial charge is 0.306 e. The standard InChI is InChI=1S/C25H19NO6S/c1-14-9-11-20(33-14)19(27)10-12-22(29)32-13-21(28)26-18-8-4-7-17-23(18)25(31)16-6-3-2-5-15(16)24(17)30/h2-9,11H,10,12-13H2,1H3,(H,26,28). The minimum atomic E-state index is -0.679. The van der Waals surface area contributed by atoms with Gasteiger partial charge in [0.1, 0.15) is 0 Å². The molecule has 1 aliphatic carbocycles. The van der Waals surface area contributed by atoms with Gasteiger partial charge in [0, 0.05) is 28.0 Å². The van der Waals surface area contributed by atoms with Crippen molar-refractivity contribution in [1.29, 1.82) is 0 Å². The van der Waals surface area contributed by atoms with Crippen molar-refractivity contribution >= 4 is 46.3 Å². The van der Waals surface area contributed by atoms with E-state index in [-0.39, 0.29) is 52.6 Å². The molecular weight excluding hydrogens is 442 g/mol. The Kier molecular flexibility index (Phi) is 6.28. The topological polar surface area (TPSA) is 107 Å². The van der Waals surface area contributed by atoms with Gasteiger partial charge in [-0.15, -0.1) is 11.3 Å². The van der Waals surface area contributed by atoms with Gasteiger partial charge in [0.2, 0.25) is 0 Å². The van der Waals surface area contributed by atoms with Gasteiger partial charge in [0.25, 0.3) is 5.91 Å². The molecule has 1 N–H and O–H groups in total. The first-order chi connectivity index (χ1) is 15.8. The van der Waals surface area contributed by atoms with Crippen LogP contribution in [0.3, 0.4) is 0 Å². The molecule has 0 spiro atoms. The van der Waals surface area contributed by atoms with E-state index in [0.717, 1.165) is 4.88 Å². The first-order valence-electron chi connectivity index (χ1n) is 10.2. The van der Waals surface area contributed by atoms with Gasteiger partial charge in [-0.2, -0.15) is 0 Å². The molecule has 2 aromatic carbocycles. The highest BCUT2D eigenvalue weighted by atomic mass is 32.1. The van der Waals surface area contributed by atoms with Gasteiger partial charge < -0.3 is 10.1 Å². The average molecular weight is 461 g/mol. The van der Waals surface area contributed by atoms with Crippen molar-refractivity contribution in [2.45, 2.75) is 19.8 Å². The van der Waals surface area contributed by atoms with E-state index in [4.69, 9.17) is 4.74 Å². The number of hydrogen-bond donors (Lipinski definition) is 1. The summed E-state index contributed by atoms with van der Waals surface area (Å²) in [6.45, 7) is 1.31. The molecule has 0 fully saturated rings. The van der Waals surface area contributed by atoms with E-state index in [1.807, 2.05) is 13.0 Å². The third kappa shape index (κ3) is 4.65. The zero-order valence-corrected chi connectivity index (χ0v) is 18.5. The molecule has 4 rings (SSSR count). The maximum absolute atomic E-state index is 13.0. The molecule has 0 radical (unpaired) electrons. The lowest BCUT2D eigenvalue weighted by Gasteiger charge is -2.20. The van der Waals surface area contributed by atoms with Crippen molar-refractivity contribution in [3.8, 4) is 0 Å². The summed E-state index contributed by atoms with van der Waals surface area (Å²) < 4.78 is 4.96. The van der Waals surface area contributed by atoms with Crippen molar-refractivity contribution < 1.29 is 28.7 Å². The van der Waals surface area contributed by atoms with Crippen LogP contribution in [-0.4, -0.2) is 35.8 Å². The number of carbonyl (C=O) groups excluding carboxylic acids is 5. The Hall–Kier alpha value is -3.91. The van der Waals surface area contributed by atoms with Gasteiger partial charge in [-0.05, 0) is 25.1 Å². The summed E-state index contributed by atoms with van der Waals surface area (Å²) in [6, 6.07) is 14.7. The summed E-state index contributed by atoms with van der Waals surface area (Å²) in [5.74, 6) is -2.16. The number of rotatable bonds is 7. The van der Waals surface area contributed by atoms with Crippen LogP contribution in [0.5, 0.6) is 0 Å². The number of benzene rings is 2. The molecule has 1 heterocycles. The molecule has 0 bridgehead atoms. The van der Waals surface area contributed by atoms with Gasteiger partial charge in [0.15, 0.2) is 24.0 Å². The molecule has 1 aliphatic rings. The third-order valence-electron chi connectivity index (χ3n) is 5.16. The summed E-state index contributed by atoms with van der Waals surface area (Å²) >= 11 is 1.36. The number of amides is 1. The van der Waals surface area contributed by atoms with Crippen LogP contribution in [0.25, 0.3) is 0 Å². The molecule has 1 amide bonds. The van der Waals surface area contributed by atoms with E-state index in [9.17, 15) is 24.0 Å². The predicted molar refractivity (Wildman–Crippen MR) is 122 cm³/mol. The van der Waals surface area contributed by atoms with Crippen molar-refractivity contribution in [3.05, 3.63) is 86.6 Å². The summed E-state index contributed by atoms with van der Waals surface area (Å²) in [5.41, 5.74) is 1.08. The van der Waals surface area contributed by atoms with Gasteiger partial charge in [-0.3, -0.25) is 24.0 Å². The second-order valence-corrected chi connectivity index (χ2v) is 8.76. The maximum Gasteiger partial charge on any atom is 0.306 e. The lowest BCUT2D eigenvalue weighted by atomic mass is 9.83. The summed E-state index contributed by atoms with van der Waals surface area (Å²) in [7, 11) is 0. The summed E-state index contributed by atoms with van der Waals surface area (Å²) in [5, 5.41) is 2.55. The molecule has 8 heteroatoms. The zero-order chi connectivity index (χ0) is 23.5. The Labute approximate surface area is 193 Å². The number of fused-ring (bicyclic) bond motifs is 2. The van der Waals surface area contributed by atoms with E-state index in [0.29, 0.717) is 10.4 Å². The molecule has 1 aromatic heterocycles. The van der Waals surface area contributed by atoms with Crippen LogP contribution in [-0.2, 0) is 14.3 Å². The normalized spacial score (nSPS) is 12.0. The molecule has 7 nitrogen and oxygen atoms in total.